The van der Waals surface area contributed by atoms with E-state index >= 15 is 0 Å². The summed E-state index contributed by atoms with van der Waals surface area (Å²) in [7, 11) is 0. The second-order valence-electron chi connectivity index (χ2n) is 4.56. The Hall–Kier alpha value is -1.40. The Morgan fingerprint density at radius 1 is 1.37 bits per heavy atom. The summed E-state index contributed by atoms with van der Waals surface area (Å²) >= 11 is 1.37. The van der Waals surface area contributed by atoms with Crippen LogP contribution < -0.4 is 5.32 Å². The highest BCUT2D eigenvalue weighted by atomic mass is 32.2. The summed E-state index contributed by atoms with van der Waals surface area (Å²) in [6.45, 7) is 1.12. The van der Waals surface area contributed by atoms with Gasteiger partial charge in [0.2, 0.25) is 0 Å². The number of quaternary nitrogens is 1. The van der Waals surface area contributed by atoms with Gasteiger partial charge in [-0.1, -0.05) is 30.0 Å². The standard InChI is InChI=1S/C13H14FN3OS/c14-10-5-2-1-4-9(10)8-19-13-17-16-12(18-13)11-6-3-7-15-11/h1-2,4-5,11,15H,3,6-8H2/p+1/t11-/m1/s1. The van der Waals surface area contributed by atoms with Crippen LogP contribution in [0.15, 0.2) is 33.9 Å². The Morgan fingerprint density at radius 3 is 3.05 bits per heavy atom. The van der Waals surface area contributed by atoms with Gasteiger partial charge in [0.05, 0.1) is 6.54 Å². The van der Waals surface area contributed by atoms with Crippen LogP contribution in [0.3, 0.4) is 0 Å². The zero-order valence-corrected chi connectivity index (χ0v) is 11.2. The van der Waals surface area contributed by atoms with Crippen molar-refractivity contribution in [2.45, 2.75) is 29.9 Å². The first-order valence-corrected chi connectivity index (χ1v) is 7.34. The predicted octanol–water partition coefficient (Wildman–Crippen LogP) is 1.90. The van der Waals surface area contributed by atoms with Crippen molar-refractivity contribution in [3.63, 3.8) is 0 Å². The van der Waals surface area contributed by atoms with Crippen molar-refractivity contribution in [2.75, 3.05) is 6.54 Å². The molecule has 0 bridgehead atoms. The van der Waals surface area contributed by atoms with Crippen molar-refractivity contribution in [3.05, 3.63) is 41.5 Å². The number of nitrogens with zero attached hydrogens (tertiary/aromatic N) is 2. The molecule has 4 nitrogen and oxygen atoms in total. The van der Waals surface area contributed by atoms with E-state index < -0.39 is 0 Å². The zero-order chi connectivity index (χ0) is 13.1. The van der Waals surface area contributed by atoms with Gasteiger partial charge in [-0.2, -0.15) is 0 Å². The van der Waals surface area contributed by atoms with E-state index in [-0.39, 0.29) is 5.82 Å². The van der Waals surface area contributed by atoms with Crippen LogP contribution in [0.5, 0.6) is 0 Å². The molecule has 1 aromatic carbocycles. The smallest absolute Gasteiger partial charge is 0.277 e. The number of hydrogen-bond acceptors (Lipinski definition) is 4. The molecule has 1 aromatic heterocycles. The van der Waals surface area contributed by atoms with Crippen LogP contribution >= 0.6 is 11.8 Å². The second kappa shape index (κ2) is 5.71. The third-order valence-electron chi connectivity index (χ3n) is 3.22. The van der Waals surface area contributed by atoms with Crippen LogP contribution in [0.2, 0.25) is 0 Å². The summed E-state index contributed by atoms with van der Waals surface area (Å²) in [5, 5.41) is 10.8. The van der Waals surface area contributed by atoms with Crippen molar-refractivity contribution in [1.29, 1.82) is 0 Å². The molecule has 1 aliphatic rings. The van der Waals surface area contributed by atoms with Crippen LogP contribution in [0, 0.1) is 5.82 Å². The Bertz CT molecular complexity index is 554. The highest BCUT2D eigenvalue weighted by Gasteiger charge is 2.26. The molecule has 19 heavy (non-hydrogen) atoms. The third kappa shape index (κ3) is 2.96. The Balaban J connectivity index is 1.63. The Labute approximate surface area is 114 Å². The van der Waals surface area contributed by atoms with Crippen molar-refractivity contribution < 1.29 is 14.1 Å². The first-order valence-electron chi connectivity index (χ1n) is 6.36. The van der Waals surface area contributed by atoms with Gasteiger partial charge in [-0.3, -0.25) is 0 Å². The molecule has 1 saturated heterocycles. The summed E-state index contributed by atoms with van der Waals surface area (Å²) in [5.41, 5.74) is 0.652. The second-order valence-corrected chi connectivity index (χ2v) is 5.49. The maximum atomic E-state index is 13.5. The van der Waals surface area contributed by atoms with Crippen LogP contribution in [-0.2, 0) is 5.75 Å². The van der Waals surface area contributed by atoms with Crippen LogP contribution in [0.25, 0.3) is 0 Å². The first kappa shape index (κ1) is 12.6. The average molecular weight is 280 g/mol. The van der Waals surface area contributed by atoms with E-state index in [1.54, 1.807) is 12.1 Å². The molecular weight excluding hydrogens is 265 g/mol. The highest BCUT2D eigenvalue weighted by Crippen LogP contribution is 2.25. The molecule has 100 valence electrons. The molecule has 0 amide bonds. The molecule has 2 aromatic rings. The van der Waals surface area contributed by atoms with Crippen LogP contribution in [0.1, 0.15) is 30.3 Å². The fraction of sp³-hybridized carbons (Fsp3) is 0.385. The molecule has 1 atom stereocenters. The summed E-state index contributed by atoms with van der Waals surface area (Å²) in [5.74, 6) is 0.996. The van der Waals surface area contributed by atoms with Crippen LogP contribution in [-0.4, -0.2) is 16.7 Å². The van der Waals surface area contributed by atoms with Gasteiger partial charge in [-0.15, -0.1) is 10.2 Å². The maximum absolute atomic E-state index is 13.5. The largest absolute Gasteiger partial charge is 0.410 e. The van der Waals surface area contributed by atoms with E-state index in [9.17, 15) is 4.39 Å². The van der Waals surface area contributed by atoms with E-state index in [0.29, 0.717) is 28.5 Å². The monoisotopic (exact) mass is 280 g/mol. The van der Waals surface area contributed by atoms with Crippen molar-refractivity contribution in [2.24, 2.45) is 0 Å². The topological polar surface area (TPSA) is 55.5 Å². The molecule has 0 aliphatic carbocycles. The van der Waals surface area contributed by atoms with Crippen molar-refractivity contribution >= 4 is 11.8 Å². The zero-order valence-electron chi connectivity index (χ0n) is 10.4. The van der Waals surface area contributed by atoms with Crippen molar-refractivity contribution in [1.82, 2.24) is 10.2 Å². The highest BCUT2D eigenvalue weighted by molar-refractivity contribution is 7.98. The lowest BCUT2D eigenvalue weighted by atomic mass is 10.2. The number of nitrogens with two attached hydrogens (primary N) is 1. The van der Waals surface area contributed by atoms with Crippen molar-refractivity contribution in [3.8, 4) is 0 Å². The van der Waals surface area contributed by atoms with E-state index in [0.717, 1.165) is 13.0 Å². The predicted molar refractivity (Wildman–Crippen MR) is 69.0 cm³/mol. The Kier molecular flexibility index (Phi) is 3.79. The number of aromatic nitrogens is 2. The molecule has 0 saturated carbocycles. The molecule has 2 heterocycles. The van der Waals surface area contributed by atoms with Gasteiger partial charge in [0.15, 0.2) is 6.04 Å². The number of hydrogen-bond donors (Lipinski definition) is 1. The number of halogens is 1. The van der Waals surface area contributed by atoms with E-state index in [1.807, 2.05) is 6.07 Å². The molecule has 1 aliphatic heterocycles. The van der Waals surface area contributed by atoms with Gasteiger partial charge in [0.1, 0.15) is 5.82 Å². The van der Waals surface area contributed by atoms with Gasteiger partial charge in [-0.05, 0) is 11.6 Å². The minimum absolute atomic E-state index is 0.195. The fourth-order valence-corrected chi connectivity index (χ4v) is 2.94. The molecule has 0 spiro atoms. The van der Waals surface area contributed by atoms with Gasteiger partial charge in [0, 0.05) is 18.6 Å². The molecule has 0 radical (unpaired) electrons. The van der Waals surface area contributed by atoms with Crippen LogP contribution in [0.4, 0.5) is 4.39 Å². The van der Waals surface area contributed by atoms with E-state index in [2.05, 4.69) is 15.5 Å². The summed E-state index contributed by atoms with van der Waals surface area (Å²) in [4.78, 5) is 0. The van der Waals surface area contributed by atoms with Gasteiger partial charge in [-0.25, -0.2) is 4.39 Å². The molecule has 1 fully saturated rings. The van der Waals surface area contributed by atoms with Gasteiger partial charge < -0.3 is 9.73 Å². The van der Waals surface area contributed by atoms with E-state index in [1.165, 1.54) is 24.2 Å². The number of thioether (sulfide) groups is 1. The quantitative estimate of drug-likeness (QED) is 0.869. The average Bonchev–Trinajstić information content (AvgIpc) is 3.09. The fourth-order valence-electron chi connectivity index (χ4n) is 2.18. The lowest BCUT2D eigenvalue weighted by molar-refractivity contribution is -0.678. The van der Waals surface area contributed by atoms with Gasteiger partial charge in [0.25, 0.3) is 11.1 Å². The third-order valence-corrected chi connectivity index (χ3v) is 4.09. The SMILES string of the molecule is Fc1ccccc1CSc1nnc([C@H]2CCC[NH2+]2)o1. The Morgan fingerprint density at radius 2 is 2.26 bits per heavy atom. The molecule has 0 unspecified atom stereocenters. The van der Waals surface area contributed by atoms with E-state index in [4.69, 9.17) is 4.42 Å². The summed E-state index contributed by atoms with van der Waals surface area (Å²) < 4.78 is 19.1. The molecular formula is C13H15FN3OS+. The summed E-state index contributed by atoms with van der Waals surface area (Å²) in [6.07, 6.45) is 2.27. The lowest BCUT2D eigenvalue weighted by Gasteiger charge is -2.00. The molecule has 2 N–H and O–H groups in total. The molecule has 6 heteroatoms. The molecule has 3 rings (SSSR count). The minimum atomic E-state index is -0.195. The van der Waals surface area contributed by atoms with Gasteiger partial charge >= 0.3 is 0 Å². The maximum Gasteiger partial charge on any atom is 0.277 e. The lowest BCUT2D eigenvalue weighted by Crippen LogP contribution is -2.81. The minimum Gasteiger partial charge on any atom is -0.410 e. The number of benzene rings is 1. The first-order chi connectivity index (χ1) is 9.33. The number of rotatable bonds is 4. The normalized spacial score (nSPS) is 18.9. The summed E-state index contributed by atoms with van der Waals surface area (Å²) in [6, 6.07) is 7.04.